The van der Waals surface area contributed by atoms with Crippen molar-refractivity contribution in [1.29, 1.82) is 0 Å². The van der Waals surface area contributed by atoms with Gasteiger partial charge in [-0.3, -0.25) is 19.8 Å². The van der Waals surface area contributed by atoms with Crippen molar-refractivity contribution in [3.63, 3.8) is 0 Å². The molecular weight excluding hydrogens is 332 g/mol. The van der Waals surface area contributed by atoms with Crippen LogP contribution in [0.2, 0.25) is 0 Å². The van der Waals surface area contributed by atoms with Gasteiger partial charge in [-0.15, -0.1) is 0 Å². The molecule has 1 aliphatic heterocycles. The molecule has 1 heterocycles. The van der Waals surface area contributed by atoms with Crippen molar-refractivity contribution < 1.29 is 14.4 Å². The van der Waals surface area contributed by atoms with Crippen LogP contribution < -0.4 is 10.6 Å². The molecule has 2 N–H and O–H groups in total. The summed E-state index contributed by atoms with van der Waals surface area (Å²) >= 11 is 0. The highest BCUT2D eigenvalue weighted by atomic mass is 16.2. The summed E-state index contributed by atoms with van der Waals surface area (Å²) in [6, 6.07) is 8.63. The van der Waals surface area contributed by atoms with Gasteiger partial charge in [0.2, 0.25) is 11.8 Å². The number of piperazine rings is 1. The summed E-state index contributed by atoms with van der Waals surface area (Å²) in [6.45, 7) is 4.76. The molecule has 1 atom stereocenters. The molecule has 1 unspecified atom stereocenters. The molecule has 3 rings (SSSR count). The minimum absolute atomic E-state index is 0.232. The van der Waals surface area contributed by atoms with Gasteiger partial charge in [0.25, 0.3) is 0 Å². The standard InChI is InChI=1S/C19H26N4O3/c1-14(22-9-11-23(12-10-22)18(25)16-7-8-16)17(24)21-19(26)20-13-15-5-3-2-4-6-15/h2-6,14,16H,7-13H2,1H3,(H2,20,21,24,26). The maximum Gasteiger partial charge on any atom is 0.321 e. The molecule has 1 saturated heterocycles. The molecule has 0 aromatic heterocycles. The Morgan fingerprint density at radius 2 is 1.73 bits per heavy atom. The summed E-state index contributed by atoms with van der Waals surface area (Å²) in [6.07, 6.45) is 2.02. The van der Waals surface area contributed by atoms with Gasteiger partial charge in [0, 0.05) is 38.6 Å². The number of carbonyl (C=O) groups is 3. The van der Waals surface area contributed by atoms with Crippen molar-refractivity contribution in [3.05, 3.63) is 35.9 Å². The van der Waals surface area contributed by atoms with Crippen LogP contribution in [-0.2, 0) is 16.1 Å². The molecule has 0 spiro atoms. The zero-order chi connectivity index (χ0) is 18.5. The lowest BCUT2D eigenvalue weighted by molar-refractivity contribution is -0.135. The molecule has 140 valence electrons. The number of nitrogens with zero attached hydrogens (tertiary/aromatic N) is 2. The lowest BCUT2D eigenvalue weighted by Crippen LogP contribution is -2.56. The molecule has 7 heteroatoms. The van der Waals surface area contributed by atoms with Crippen LogP contribution in [0.5, 0.6) is 0 Å². The van der Waals surface area contributed by atoms with Crippen LogP contribution in [-0.4, -0.2) is 59.9 Å². The number of nitrogens with one attached hydrogen (secondary N) is 2. The van der Waals surface area contributed by atoms with Crippen molar-refractivity contribution in [2.75, 3.05) is 26.2 Å². The number of urea groups is 1. The van der Waals surface area contributed by atoms with Crippen molar-refractivity contribution in [2.24, 2.45) is 5.92 Å². The first-order valence-electron chi connectivity index (χ1n) is 9.20. The Balaban J connectivity index is 1.40. The summed E-state index contributed by atoms with van der Waals surface area (Å²) < 4.78 is 0. The van der Waals surface area contributed by atoms with Crippen molar-refractivity contribution in [1.82, 2.24) is 20.4 Å². The molecule has 0 radical (unpaired) electrons. The average Bonchev–Trinajstić information content (AvgIpc) is 3.51. The van der Waals surface area contributed by atoms with Crippen LogP contribution in [0.25, 0.3) is 0 Å². The lowest BCUT2D eigenvalue weighted by atomic mass is 10.2. The van der Waals surface area contributed by atoms with Gasteiger partial charge < -0.3 is 10.2 Å². The van der Waals surface area contributed by atoms with Gasteiger partial charge in [0.05, 0.1) is 6.04 Å². The minimum Gasteiger partial charge on any atom is -0.340 e. The number of hydrogen-bond donors (Lipinski definition) is 2. The van der Waals surface area contributed by atoms with Gasteiger partial charge in [-0.2, -0.15) is 0 Å². The van der Waals surface area contributed by atoms with Crippen molar-refractivity contribution >= 4 is 17.8 Å². The molecule has 1 saturated carbocycles. The number of rotatable bonds is 5. The van der Waals surface area contributed by atoms with Crippen molar-refractivity contribution in [3.8, 4) is 0 Å². The molecule has 1 aromatic carbocycles. The van der Waals surface area contributed by atoms with Gasteiger partial charge in [-0.25, -0.2) is 4.79 Å². The largest absolute Gasteiger partial charge is 0.340 e. The second-order valence-corrected chi connectivity index (χ2v) is 6.97. The maximum atomic E-state index is 12.3. The maximum absolute atomic E-state index is 12.3. The Morgan fingerprint density at radius 3 is 2.35 bits per heavy atom. The van der Waals surface area contributed by atoms with E-state index in [9.17, 15) is 14.4 Å². The fourth-order valence-electron chi connectivity index (χ4n) is 3.12. The van der Waals surface area contributed by atoms with E-state index in [1.54, 1.807) is 6.92 Å². The highest BCUT2D eigenvalue weighted by Crippen LogP contribution is 2.31. The normalized spacial score (nSPS) is 18.9. The number of hydrogen-bond acceptors (Lipinski definition) is 4. The van der Waals surface area contributed by atoms with E-state index < -0.39 is 12.1 Å². The lowest BCUT2D eigenvalue weighted by Gasteiger charge is -2.37. The highest BCUT2D eigenvalue weighted by Gasteiger charge is 2.35. The Kier molecular flexibility index (Phi) is 5.88. The van der Waals surface area contributed by atoms with Crippen LogP contribution >= 0.6 is 0 Å². The molecule has 2 aliphatic rings. The molecule has 1 aliphatic carbocycles. The Labute approximate surface area is 153 Å². The van der Waals surface area contributed by atoms with E-state index in [0.717, 1.165) is 18.4 Å². The topological polar surface area (TPSA) is 81.8 Å². The summed E-state index contributed by atoms with van der Waals surface area (Å²) in [5.41, 5.74) is 0.972. The third-order valence-corrected chi connectivity index (χ3v) is 5.01. The van der Waals surface area contributed by atoms with E-state index in [-0.39, 0.29) is 17.7 Å². The van der Waals surface area contributed by atoms with E-state index >= 15 is 0 Å². The average molecular weight is 358 g/mol. The monoisotopic (exact) mass is 358 g/mol. The summed E-state index contributed by atoms with van der Waals surface area (Å²) in [4.78, 5) is 40.2. The van der Waals surface area contributed by atoms with Gasteiger partial charge in [-0.05, 0) is 25.3 Å². The van der Waals surface area contributed by atoms with E-state index in [1.807, 2.05) is 40.1 Å². The van der Waals surface area contributed by atoms with Crippen LogP contribution in [0.1, 0.15) is 25.3 Å². The predicted molar refractivity (Wildman–Crippen MR) is 97.2 cm³/mol. The molecule has 26 heavy (non-hydrogen) atoms. The molecule has 1 aromatic rings. The summed E-state index contributed by atoms with van der Waals surface area (Å²) in [7, 11) is 0. The van der Waals surface area contributed by atoms with Gasteiger partial charge >= 0.3 is 6.03 Å². The van der Waals surface area contributed by atoms with Gasteiger partial charge in [0.1, 0.15) is 0 Å². The minimum atomic E-state index is -0.492. The number of carbonyl (C=O) groups excluding carboxylic acids is 3. The first-order valence-corrected chi connectivity index (χ1v) is 9.20. The van der Waals surface area contributed by atoms with Crippen LogP contribution in [0.4, 0.5) is 4.79 Å². The predicted octanol–water partition coefficient (Wildman–Crippen LogP) is 0.955. The third kappa shape index (κ3) is 4.82. The first-order chi connectivity index (χ1) is 12.5. The Morgan fingerprint density at radius 1 is 1.08 bits per heavy atom. The quantitative estimate of drug-likeness (QED) is 0.821. The van der Waals surface area contributed by atoms with E-state index in [4.69, 9.17) is 0 Å². The molecular formula is C19H26N4O3. The number of imide groups is 1. The second kappa shape index (κ2) is 8.31. The molecule has 0 bridgehead atoms. The first kappa shape index (κ1) is 18.4. The van der Waals surface area contributed by atoms with Crippen LogP contribution in [0.15, 0.2) is 30.3 Å². The van der Waals surface area contributed by atoms with Crippen LogP contribution in [0.3, 0.4) is 0 Å². The third-order valence-electron chi connectivity index (χ3n) is 5.01. The summed E-state index contributed by atoms with van der Waals surface area (Å²) in [5, 5.41) is 5.09. The van der Waals surface area contributed by atoms with E-state index in [0.29, 0.717) is 32.7 Å². The van der Waals surface area contributed by atoms with Crippen molar-refractivity contribution in [2.45, 2.75) is 32.4 Å². The highest BCUT2D eigenvalue weighted by molar-refractivity contribution is 5.96. The smallest absolute Gasteiger partial charge is 0.321 e. The molecule has 4 amide bonds. The molecule has 7 nitrogen and oxygen atoms in total. The van der Waals surface area contributed by atoms with Gasteiger partial charge in [-0.1, -0.05) is 30.3 Å². The van der Waals surface area contributed by atoms with E-state index in [2.05, 4.69) is 10.6 Å². The number of amides is 4. The fraction of sp³-hybridized carbons (Fsp3) is 0.526. The zero-order valence-electron chi connectivity index (χ0n) is 15.1. The summed E-state index contributed by atoms with van der Waals surface area (Å²) in [5.74, 6) is 0.162. The fourth-order valence-corrected chi connectivity index (χ4v) is 3.12. The zero-order valence-corrected chi connectivity index (χ0v) is 15.1. The Bertz CT molecular complexity index is 652. The molecule has 2 fully saturated rings. The Hall–Kier alpha value is -2.41. The second-order valence-electron chi connectivity index (χ2n) is 6.97. The SMILES string of the molecule is CC(C(=O)NC(=O)NCc1ccccc1)N1CCN(C(=O)C2CC2)CC1. The van der Waals surface area contributed by atoms with E-state index in [1.165, 1.54) is 0 Å². The van der Waals surface area contributed by atoms with Crippen LogP contribution in [0, 0.1) is 5.92 Å². The van der Waals surface area contributed by atoms with Gasteiger partial charge in [0.15, 0.2) is 0 Å². The number of benzene rings is 1.